The van der Waals surface area contributed by atoms with Crippen LogP contribution in [0.2, 0.25) is 0 Å². The number of fused-ring (bicyclic) bond motifs is 1. The number of likely N-dealkylation sites (N-methyl/N-ethyl adjacent to an activating group) is 1. The van der Waals surface area contributed by atoms with Gasteiger partial charge in [0.25, 0.3) is 0 Å². The SMILES string of the molecule is CCN(CC(=O)Nc1ccc(NC(C)=O)cc1)C(=O)CCN1C(=O)[C@H]2CCCC[C@@H]2C1=O. The van der Waals surface area contributed by atoms with Gasteiger partial charge in [0.2, 0.25) is 29.5 Å². The summed E-state index contributed by atoms with van der Waals surface area (Å²) < 4.78 is 0. The molecule has 1 aliphatic carbocycles. The van der Waals surface area contributed by atoms with Gasteiger partial charge < -0.3 is 15.5 Å². The highest BCUT2D eigenvalue weighted by Crippen LogP contribution is 2.38. The van der Waals surface area contributed by atoms with Crippen LogP contribution in [-0.2, 0) is 24.0 Å². The van der Waals surface area contributed by atoms with E-state index < -0.39 is 0 Å². The largest absolute Gasteiger partial charge is 0.334 e. The Morgan fingerprint density at radius 3 is 2.00 bits per heavy atom. The van der Waals surface area contributed by atoms with Crippen molar-refractivity contribution in [3.05, 3.63) is 24.3 Å². The van der Waals surface area contributed by atoms with Crippen molar-refractivity contribution in [1.82, 2.24) is 9.80 Å². The highest BCUT2D eigenvalue weighted by Gasteiger charge is 2.47. The molecule has 0 spiro atoms. The van der Waals surface area contributed by atoms with Crippen molar-refractivity contribution in [2.45, 2.75) is 46.0 Å². The minimum Gasteiger partial charge on any atom is -0.334 e. The second kappa shape index (κ2) is 10.4. The Bertz CT molecular complexity index is 874. The first-order valence-corrected chi connectivity index (χ1v) is 11.1. The maximum atomic E-state index is 12.7. The first kappa shape index (κ1) is 23.4. The van der Waals surface area contributed by atoms with Gasteiger partial charge in [-0.25, -0.2) is 0 Å². The number of hydrogen-bond donors (Lipinski definition) is 2. The van der Waals surface area contributed by atoms with Crippen molar-refractivity contribution >= 4 is 40.9 Å². The fourth-order valence-electron chi connectivity index (χ4n) is 4.41. The van der Waals surface area contributed by atoms with Crippen molar-refractivity contribution in [1.29, 1.82) is 0 Å². The zero-order valence-electron chi connectivity index (χ0n) is 18.6. The van der Waals surface area contributed by atoms with E-state index in [2.05, 4.69) is 10.6 Å². The van der Waals surface area contributed by atoms with Gasteiger partial charge in [-0.15, -0.1) is 0 Å². The van der Waals surface area contributed by atoms with E-state index in [1.165, 1.54) is 16.7 Å². The topological polar surface area (TPSA) is 116 Å². The Kier molecular flexibility index (Phi) is 7.61. The van der Waals surface area contributed by atoms with E-state index in [-0.39, 0.29) is 60.9 Å². The zero-order valence-corrected chi connectivity index (χ0v) is 18.6. The maximum absolute atomic E-state index is 12.7. The minimum atomic E-state index is -0.355. The first-order chi connectivity index (χ1) is 15.3. The average Bonchev–Trinajstić information content (AvgIpc) is 3.01. The summed E-state index contributed by atoms with van der Waals surface area (Å²) in [5, 5.41) is 5.37. The number of carbonyl (C=O) groups excluding carboxylic acids is 5. The minimum absolute atomic E-state index is 0.00343. The van der Waals surface area contributed by atoms with Crippen LogP contribution in [-0.4, -0.2) is 59.0 Å². The van der Waals surface area contributed by atoms with Crippen LogP contribution in [0.25, 0.3) is 0 Å². The summed E-state index contributed by atoms with van der Waals surface area (Å²) in [6.45, 7) is 3.45. The van der Waals surface area contributed by atoms with E-state index >= 15 is 0 Å². The molecule has 1 saturated heterocycles. The smallest absolute Gasteiger partial charge is 0.243 e. The maximum Gasteiger partial charge on any atom is 0.243 e. The third-order valence-corrected chi connectivity index (χ3v) is 6.04. The van der Waals surface area contributed by atoms with Crippen molar-refractivity contribution in [2.75, 3.05) is 30.3 Å². The number of hydrogen-bond acceptors (Lipinski definition) is 5. The Hall–Kier alpha value is -3.23. The quantitative estimate of drug-likeness (QED) is 0.598. The fraction of sp³-hybridized carbons (Fsp3) is 0.522. The van der Waals surface area contributed by atoms with E-state index in [4.69, 9.17) is 0 Å². The number of nitrogens with zero attached hydrogens (tertiary/aromatic N) is 2. The molecule has 0 radical (unpaired) electrons. The Morgan fingerprint density at radius 1 is 0.969 bits per heavy atom. The van der Waals surface area contributed by atoms with Crippen LogP contribution in [0.3, 0.4) is 0 Å². The number of nitrogens with one attached hydrogen (secondary N) is 2. The Labute approximate surface area is 187 Å². The van der Waals surface area contributed by atoms with E-state index in [9.17, 15) is 24.0 Å². The summed E-state index contributed by atoms with van der Waals surface area (Å²) in [4.78, 5) is 63.9. The molecule has 0 aromatic heterocycles. The molecule has 5 amide bonds. The third-order valence-electron chi connectivity index (χ3n) is 6.04. The molecule has 0 bridgehead atoms. The van der Waals surface area contributed by atoms with Gasteiger partial charge >= 0.3 is 0 Å². The van der Waals surface area contributed by atoms with Gasteiger partial charge in [0, 0.05) is 37.8 Å². The molecule has 172 valence electrons. The molecule has 1 aromatic carbocycles. The van der Waals surface area contributed by atoms with Gasteiger partial charge in [-0.2, -0.15) is 0 Å². The highest BCUT2D eigenvalue weighted by molar-refractivity contribution is 6.05. The molecule has 32 heavy (non-hydrogen) atoms. The molecular formula is C23H30N4O5. The molecule has 1 heterocycles. The monoisotopic (exact) mass is 442 g/mol. The van der Waals surface area contributed by atoms with E-state index in [1.54, 1.807) is 31.2 Å². The van der Waals surface area contributed by atoms with Crippen LogP contribution in [0.5, 0.6) is 0 Å². The first-order valence-electron chi connectivity index (χ1n) is 11.1. The zero-order chi connectivity index (χ0) is 23.3. The lowest BCUT2D eigenvalue weighted by atomic mass is 9.81. The fourth-order valence-corrected chi connectivity index (χ4v) is 4.41. The number of amides is 5. The molecule has 2 atom stereocenters. The van der Waals surface area contributed by atoms with Gasteiger partial charge in [0.05, 0.1) is 18.4 Å². The molecule has 0 unspecified atom stereocenters. The lowest BCUT2D eigenvalue weighted by molar-refractivity contribution is -0.141. The summed E-state index contributed by atoms with van der Waals surface area (Å²) in [5.41, 5.74) is 1.16. The molecule has 1 aromatic rings. The van der Waals surface area contributed by atoms with Crippen LogP contribution < -0.4 is 10.6 Å². The number of rotatable bonds is 8. The van der Waals surface area contributed by atoms with Crippen molar-refractivity contribution in [2.24, 2.45) is 11.8 Å². The van der Waals surface area contributed by atoms with Crippen LogP contribution in [0.1, 0.15) is 46.0 Å². The second-order valence-electron chi connectivity index (χ2n) is 8.29. The highest BCUT2D eigenvalue weighted by atomic mass is 16.2. The molecule has 1 aliphatic heterocycles. The molecule has 1 saturated carbocycles. The van der Waals surface area contributed by atoms with Gasteiger partial charge in [0.15, 0.2) is 0 Å². The number of anilines is 2. The van der Waals surface area contributed by atoms with Gasteiger partial charge in [-0.05, 0) is 44.0 Å². The molecule has 2 fully saturated rings. The van der Waals surface area contributed by atoms with Crippen LogP contribution in [0.15, 0.2) is 24.3 Å². The summed E-state index contributed by atoms with van der Waals surface area (Å²) >= 11 is 0. The number of imide groups is 1. The number of carbonyl (C=O) groups is 5. The summed E-state index contributed by atoms with van der Waals surface area (Å²) in [5.74, 6) is -1.58. The number of benzene rings is 1. The van der Waals surface area contributed by atoms with Crippen LogP contribution >= 0.6 is 0 Å². The molecule has 9 heteroatoms. The molecule has 9 nitrogen and oxygen atoms in total. The van der Waals surface area contributed by atoms with Gasteiger partial charge in [-0.3, -0.25) is 28.9 Å². The van der Waals surface area contributed by atoms with E-state index in [0.717, 1.165) is 25.7 Å². The third kappa shape index (κ3) is 5.52. The van der Waals surface area contributed by atoms with Crippen molar-refractivity contribution in [3.63, 3.8) is 0 Å². The van der Waals surface area contributed by atoms with Gasteiger partial charge in [0.1, 0.15) is 0 Å². The van der Waals surface area contributed by atoms with E-state index in [1.807, 2.05) is 0 Å². The average molecular weight is 443 g/mol. The Balaban J connectivity index is 1.50. The second-order valence-corrected chi connectivity index (χ2v) is 8.29. The summed E-state index contributed by atoms with van der Waals surface area (Å²) in [7, 11) is 0. The van der Waals surface area contributed by atoms with Crippen molar-refractivity contribution < 1.29 is 24.0 Å². The molecule has 2 N–H and O–H groups in total. The Morgan fingerprint density at radius 2 is 1.50 bits per heavy atom. The molecular weight excluding hydrogens is 412 g/mol. The summed E-state index contributed by atoms with van der Waals surface area (Å²) in [6, 6.07) is 6.65. The number of likely N-dealkylation sites (tertiary alicyclic amines) is 1. The van der Waals surface area contributed by atoms with Crippen LogP contribution in [0, 0.1) is 11.8 Å². The summed E-state index contributed by atoms with van der Waals surface area (Å²) in [6.07, 6.45) is 3.41. The standard InChI is InChI=1S/C23H30N4O5/c1-3-26(14-20(29)25-17-10-8-16(9-11-17)24-15(2)28)21(30)12-13-27-22(31)18-6-4-5-7-19(18)23(27)32/h8-11,18-19H,3-7,12-14H2,1-2H3,(H,24,28)(H,25,29)/t18-,19-/m0/s1. The van der Waals surface area contributed by atoms with Gasteiger partial charge in [-0.1, -0.05) is 12.8 Å². The lowest BCUT2D eigenvalue weighted by Crippen LogP contribution is -2.40. The molecule has 2 aliphatic rings. The predicted molar refractivity (Wildman–Crippen MR) is 118 cm³/mol. The van der Waals surface area contributed by atoms with Crippen LogP contribution in [0.4, 0.5) is 11.4 Å². The molecule has 3 rings (SSSR count). The van der Waals surface area contributed by atoms with Crippen molar-refractivity contribution in [3.8, 4) is 0 Å². The predicted octanol–water partition coefficient (Wildman–Crippen LogP) is 2.00. The van der Waals surface area contributed by atoms with E-state index in [0.29, 0.717) is 17.9 Å². The normalized spacial score (nSPS) is 20.0. The lowest BCUT2D eigenvalue weighted by Gasteiger charge is -2.22.